The number of hydrogen-bond donors (Lipinski definition) is 0. The molecule has 0 unspecified atom stereocenters. The molecule has 0 atom stereocenters. The van der Waals surface area contributed by atoms with E-state index in [1.807, 2.05) is 17.7 Å². The predicted molar refractivity (Wildman–Crippen MR) is 62.3 cm³/mol. The first-order valence-corrected chi connectivity index (χ1v) is 6.81. The highest BCUT2D eigenvalue weighted by atomic mass is 32.2. The minimum Gasteiger partial charge on any atom is -0.233 e. The quantitative estimate of drug-likeness (QED) is 0.712. The number of aryl methyl sites for hydroxylation is 1. The summed E-state index contributed by atoms with van der Waals surface area (Å²) in [5.41, 5.74) is 0. The van der Waals surface area contributed by atoms with E-state index in [1.165, 1.54) is 22.4 Å². The van der Waals surface area contributed by atoms with Gasteiger partial charge in [0.2, 0.25) is 0 Å². The van der Waals surface area contributed by atoms with E-state index in [4.69, 9.17) is 0 Å². The third-order valence-corrected chi connectivity index (χ3v) is 4.39. The van der Waals surface area contributed by atoms with Crippen LogP contribution in [0.4, 0.5) is 0 Å². The molecule has 92 valence electrons. The van der Waals surface area contributed by atoms with Crippen molar-refractivity contribution in [1.82, 2.24) is 8.28 Å². The molecule has 0 N–H and O–H groups in total. The van der Waals surface area contributed by atoms with Gasteiger partial charge in [-0.3, -0.25) is 0 Å². The van der Waals surface area contributed by atoms with Crippen molar-refractivity contribution in [2.24, 2.45) is 0 Å². The second kappa shape index (κ2) is 4.97. The Labute approximate surface area is 97.5 Å². The van der Waals surface area contributed by atoms with Gasteiger partial charge in [0.15, 0.2) is 0 Å². The molecule has 0 aromatic carbocycles. The smallest absolute Gasteiger partial charge is 0.233 e. The molecule has 1 heterocycles. The van der Waals surface area contributed by atoms with E-state index in [1.54, 1.807) is 6.20 Å². The van der Waals surface area contributed by atoms with Crippen LogP contribution in [-0.4, -0.2) is 30.8 Å². The van der Waals surface area contributed by atoms with Crippen LogP contribution in [0.2, 0.25) is 0 Å². The molecule has 0 saturated carbocycles. The molecule has 0 spiro atoms. The standard InChI is InChI=1S/C10H20N3O2S/c1-5-6-7-12-8-9-13(10(12)2)16(14,15)11(3)4/h8-9H,5-7H2,1-4H3/q+1. The van der Waals surface area contributed by atoms with Gasteiger partial charge in [-0.1, -0.05) is 13.3 Å². The molecule has 0 aliphatic carbocycles. The van der Waals surface area contributed by atoms with Crippen LogP contribution in [0, 0.1) is 6.92 Å². The maximum absolute atomic E-state index is 11.9. The molecule has 6 heteroatoms. The van der Waals surface area contributed by atoms with Gasteiger partial charge >= 0.3 is 10.2 Å². The highest BCUT2D eigenvalue weighted by Crippen LogP contribution is 2.04. The molecular formula is C10H20N3O2S+. The summed E-state index contributed by atoms with van der Waals surface area (Å²) in [6, 6.07) is 0. The van der Waals surface area contributed by atoms with Gasteiger partial charge in [-0.25, -0.2) is 4.57 Å². The molecule has 0 saturated heterocycles. The number of nitrogens with zero attached hydrogens (tertiary/aromatic N) is 3. The Balaban J connectivity index is 3.05. The van der Waals surface area contributed by atoms with Crippen LogP contribution in [0.5, 0.6) is 0 Å². The average molecular weight is 246 g/mol. The molecule has 16 heavy (non-hydrogen) atoms. The van der Waals surface area contributed by atoms with Gasteiger partial charge in [0, 0.05) is 21.0 Å². The van der Waals surface area contributed by atoms with E-state index >= 15 is 0 Å². The lowest BCUT2D eigenvalue weighted by atomic mass is 10.3. The van der Waals surface area contributed by atoms with Gasteiger partial charge in [-0.2, -0.15) is 12.7 Å². The summed E-state index contributed by atoms with van der Waals surface area (Å²) < 4.78 is 28.3. The van der Waals surface area contributed by atoms with Crippen LogP contribution in [0.1, 0.15) is 25.6 Å². The minimum absolute atomic E-state index is 0.738. The number of aromatic nitrogens is 2. The van der Waals surface area contributed by atoms with Crippen molar-refractivity contribution in [3.63, 3.8) is 0 Å². The summed E-state index contributed by atoms with van der Waals surface area (Å²) >= 11 is 0. The van der Waals surface area contributed by atoms with Crippen LogP contribution in [0.15, 0.2) is 12.4 Å². The highest BCUT2D eigenvalue weighted by molar-refractivity contribution is 7.87. The van der Waals surface area contributed by atoms with Crippen LogP contribution >= 0.6 is 0 Å². The SMILES string of the molecule is CCCC[n+]1ccn(S(=O)(=O)N(C)C)c1C. The second-order valence-electron chi connectivity index (χ2n) is 3.98. The number of imidazole rings is 1. The molecule has 0 amide bonds. The second-order valence-corrected chi connectivity index (χ2v) is 6.00. The molecule has 1 aromatic heterocycles. The van der Waals surface area contributed by atoms with E-state index in [0.29, 0.717) is 0 Å². The van der Waals surface area contributed by atoms with Gasteiger partial charge in [0.25, 0.3) is 5.82 Å². The maximum atomic E-state index is 11.9. The van der Waals surface area contributed by atoms with Crippen molar-refractivity contribution < 1.29 is 13.0 Å². The summed E-state index contributed by atoms with van der Waals surface area (Å²) in [5.74, 6) is 0.738. The molecule has 0 aliphatic heterocycles. The zero-order valence-electron chi connectivity index (χ0n) is 10.3. The lowest BCUT2D eigenvalue weighted by molar-refractivity contribution is -0.702. The molecule has 0 radical (unpaired) electrons. The lowest BCUT2D eigenvalue weighted by Crippen LogP contribution is -2.38. The zero-order chi connectivity index (χ0) is 12.3. The van der Waals surface area contributed by atoms with Crippen LogP contribution in [0.3, 0.4) is 0 Å². The molecule has 0 fully saturated rings. The fraction of sp³-hybridized carbons (Fsp3) is 0.700. The molecule has 1 aromatic rings. The monoisotopic (exact) mass is 246 g/mol. The van der Waals surface area contributed by atoms with E-state index in [9.17, 15) is 8.42 Å². The average Bonchev–Trinajstić information content (AvgIpc) is 2.57. The van der Waals surface area contributed by atoms with E-state index in [2.05, 4.69) is 6.92 Å². The van der Waals surface area contributed by atoms with Crippen molar-refractivity contribution in [2.45, 2.75) is 33.2 Å². The first-order chi connectivity index (χ1) is 7.41. The van der Waals surface area contributed by atoms with E-state index < -0.39 is 10.2 Å². The molecular weight excluding hydrogens is 226 g/mol. The molecule has 0 bridgehead atoms. The van der Waals surface area contributed by atoms with Gasteiger partial charge in [-0.15, -0.1) is 3.97 Å². The fourth-order valence-electron chi connectivity index (χ4n) is 1.47. The Morgan fingerprint density at radius 1 is 1.44 bits per heavy atom. The first-order valence-electron chi connectivity index (χ1n) is 5.41. The van der Waals surface area contributed by atoms with Crippen LogP contribution in [-0.2, 0) is 16.8 Å². The Morgan fingerprint density at radius 2 is 2.06 bits per heavy atom. The minimum atomic E-state index is -3.38. The summed E-state index contributed by atoms with van der Waals surface area (Å²) in [4.78, 5) is 0. The van der Waals surface area contributed by atoms with Gasteiger partial charge in [0.1, 0.15) is 12.4 Å². The number of unbranched alkanes of at least 4 members (excludes halogenated alkanes) is 1. The Bertz CT molecular complexity index is 449. The van der Waals surface area contributed by atoms with Crippen molar-refractivity contribution >= 4 is 10.2 Å². The Morgan fingerprint density at radius 3 is 2.56 bits per heavy atom. The number of rotatable bonds is 5. The maximum Gasteiger partial charge on any atom is 0.379 e. The third kappa shape index (κ3) is 2.44. The Hall–Kier alpha value is -0.880. The van der Waals surface area contributed by atoms with Gasteiger partial charge in [-0.05, 0) is 6.42 Å². The largest absolute Gasteiger partial charge is 0.379 e. The van der Waals surface area contributed by atoms with E-state index in [0.717, 1.165) is 25.2 Å². The van der Waals surface area contributed by atoms with Crippen LogP contribution in [0.25, 0.3) is 0 Å². The summed E-state index contributed by atoms with van der Waals surface area (Å²) in [6.07, 6.45) is 5.56. The normalized spacial score (nSPS) is 12.3. The predicted octanol–water partition coefficient (Wildman–Crippen LogP) is 0.539. The summed E-state index contributed by atoms with van der Waals surface area (Å²) in [7, 11) is -0.317. The molecule has 1 rings (SSSR count). The first kappa shape index (κ1) is 13.2. The van der Waals surface area contributed by atoms with Gasteiger partial charge in [0.05, 0.1) is 6.54 Å². The van der Waals surface area contributed by atoms with Crippen molar-refractivity contribution in [3.05, 3.63) is 18.2 Å². The van der Waals surface area contributed by atoms with Crippen molar-refractivity contribution in [3.8, 4) is 0 Å². The highest BCUT2D eigenvalue weighted by Gasteiger charge is 2.26. The Kier molecular flexibility index (Phi) is 4.09. The van der Waals surface area contributed by atoms with Gasteiger partial charge < -0.3 is 0 Å². The third-order valence-electron chi connectivity index (χ3n) is 2.58. The van der Waals surface area contributed by atoms with E-state index in [-0.39, 0.29) is 0 Å². The topological polar surface area (TPSA) is 46.2 Å². The summed E-state index contributed by atoms with van der Waals surface area (Å²) in [6.45, 7) is 4.79. The fourth-order valence-corrected chi connectivity index (χ4v) is 2.47. The summed E-state index contributed by atoms with van der Waals surface area (Å²) in [5, 5.41) is 0. The lowest BCUT2D eigenvalue weighted by Gasteiger charge is -2.07. The molecule has 0 aliphatic rings. The van der Waals surface area contributed by atoms with Crippen LogP contribution < -0.4 is 4.57 Å². The van der Waals surface area contributed by atoms with Crippen molar-refractivity contribution in [1.29, 1.82) is 0 Å². The zero-order valence-corrected chi connectivity index (χ0v) is 11.2. The molecule has 5 nitrogen and oxygen atoms in total. The number of hydrogen-bond acceptors (Lipinski definition) is 2. The van der Waals surface area contributed by atoms with Crippen molar-refractivity contribution in [2.75, 3.05) is 14.1 Å².